The van der Waals surface area contributed by atoms with Crippen molar-refractivity contribution in [3.05, 3.63) is 30.3 Å². The van der Waals surface area contributed by atoms with Gasteiger partial charge in [0.2, 0.25) is 5.91 Å². The van der Waals surface area contributed by atoms with Gasteiger partial charge < -0.3 is 10.2 Å². The Balaban J connectivity index is 2.13. The first-order valence-electron chi connectivity index (χ1n) is 5.90. The fourth-order valence-corrected chi connectivity index (χ4v) is 2.16. The second kappa shape index (κ2) is 5.12. The molecule has 1 amide bonds. The van der Waals surface area contributed by atoms with E-state index in [4.69, 9.17) is 0 Å². The first-order chi connectivity index (χ1) is 7.83. The van der Waals surface area contributed by atoms with Crippen LogP contribution in [0.15, 0.2) is 30.3 Å². The normalized spacial score (nSPS) is 19.7. The molecule has 0 bridgehead atoms. The summed E-state index contributed by atoms with van der Waals surface area (Å²) < 4.78 is 0. The molecular formula is C13H18N2O. The van der Waals surface area contributed by atoms with Gasteiger partial charge in [-0.15, -0.1) is 0 Å². The van der Waals surface area contributed by atoms with Gasteiger partial charge in [-0.2, -0.15) is 0 Å². The van der Waals surface area contributed by atoms with Crippen LogP contribution in [0.2, 0.25) is 0 Å². The van der Waals surface area contributed by atoms with Gasteiger partial charge in [0, 0.05) is 18.8 Å². The molecule has 1 unspecified atom stereocenters. The van der Waals surface area contributed by atoms with Gasteiger partial charge in [-0.05, 0) is 32.0 Å². The van der Waals surface area contributed by atoms with Gasteiger partial charge in [0.25, 0.3) is 0 Å². The molecule has 3 nitrogen and oxygen atoms in total. The average molecular weight is 218 g/mol. The van der Waals surface area contributed by atoms with Crippen molar-refractivity contribution in [3.8, 4) is 0 Å². The number of anilines is 1. The highest BCUT2D eigenvalue weighted by Crippen LogP contribution is 2.18. The Hall–Kier alpha value is -1.35. The topological polar surface area (TPSA) is 32.3 Å². The summed E-state index contributed by atoms with van der Waals surface area (Å²) in [6.07, 6.45) is 0.960. The molecule has 16 heavy (non-hydrogen) atoms. The van der Waals surface area contributed by atoms with Crippen LogP contribution < -0.4 is 10.2 Å². The third-order valence-electron chi connectivity index (χ3n) is 3.06. The van der Waals surface area contributed by atoms with Crippen LogP contribution >= 0.6 is 0 Å². The van der Waals surface area contributed by atoms with E-state index in [-0.39, 0.29) is 11.8 Å². The van der Waals surface area contributed by atoms with E-state index in [0.717, 1.165) is 31.7 Å². The molecule has 3 heteroatoms. The fourth-order valence-electron chi connectivity index (χ4n) is 2.16. The lowest BCUT2D eigenvalue weighted by molar-refractivity contribution is -0.121. The molecule has 0 aromatic heterocycles. The monoisotopic (exact) mass is 218 g/mol. The van der Waals surface area contributed by atoms with Crippen LogP contribution in [0.3, 0.4) is 0 Å². The SMILES string of the molecule is CCN(C(=O)C1CCNC1)c1ccccc1. The van der Waals surface area contributed by atoms with Gasteiger partial charge in [0.15, 0.2) is 0 Å². The van der Waals surface area contributed by atoms with Crippen LogP contribution in [-0.2, 0) is 4.79 Å². The van der Waals surface area contributed by atoms with E-state index < -0.39 is 0 Å². The Morgan fingerprint density at radius 2 is 2.19 bits per heavy atom. The molecule has 0 aliphatic carbocycles. The molecular weight excluding hydrogens is 200 g/mol. The van der Waals surface area contributed by atoms with Crippen LogP contribution in [-0.4, -0.2) is 25.5 Å². The summed E-state index contributed by atoms with van der Waals surface area (Å²) in [4.78, 5) is 14.1. The maximum Gasteiger partial charge on any atom is 0.231 e. The minimum absolute atomic E-state index is 0.153. The van der Waals surface area contributed by atoms with Gasteiger partial charge in [-0.1, -0.05) is 18.2 Å². The molecule has 0 radical (unpaired) electrons. The number of amides is 1. The van der Waals surface area contributed by atoms with Crippen LogP contribution in [0, 0.1) is 5.92 Å². The number of nitrogens with one attached hydrogen (secondary N) is 1. The van der Waals surface area contributed by atoms with Gasteiger partial charge in [-0.3, -0.25) is 4.79 Å². The number of carbonyl (C=O) groups is 1. The van der Waals surface area contributed by atoms with Gasteiger partial charge in [0.1, 0.15) is 0 Å². The molecule has 0 saturated carbocycles. The van der Waals surface area contributed by atoms with E-state index in [1.165, 1.54) is 0 Å². The third-order valence-corrected chi connectivity index (χ3v) is 3.06. The van der Waals surface area contributed by atoms with Gasteiger partial charge >= 0.3 is 0 Å². The largest absolute Gasteiger partial charge is 0.316 e. The lowest BCUT2D eigenvalue weighted by Gasteiger charge is -2.23. The van der Waals surface area contributed by atoms with Gasteiger partial charge in [-0.25, -0.2) is 0 Å². The van der Waals surface area contributed by atoms with E-state index in [9.17, 15) is 4.79 Å². The van der Waals surface area contributed by atoms with Crippen molar-refractivity contribution >= 4 is 11.6 Å². The molecule has 1 saturated heterocycles. The van der Waals surface area contributed by atoms with E-state index in [0.29, 0.717) is 0 Å². The molecule has 1 fully saturated rings. The lowest BCUT2D eigenvalue weighted by Crippen LogP contribution is -2.36. The number of para-hydroxylation sites is 1. The number of rotatable bonds is 3. The van der Waals surface area contributed by atoms with Crippen LogP contribution in [0.1, 0.15) is 13.3 Å². The summed E-state index contributed by atoms with van der Waals surface area (Å²) >= 11 is 0. The minimum Gasteiger partial charge on any atom is -0.316 e. The Kier molecular flexibility index (Phi) is 3.57. The van der Waals surface area contributed by atoms with E-state index in [1.807, 2.05) is 42.2 Å². The number of carbonyl (C=O) groups excluding carboxylic acids is 1. The highest BCUT2D eigenvalue weighted by Gasteiger charge is 2.26. The van der Waals surface area contributed by atoms with Crippen molar-refractivity contribution < 1.29 is 4.79 Å². The predicted molar refractivity (Wildman–Crippen MR) is 65.4 cm³/mol. The summed E-state index contributed by atoms with van der Waals surface area (Å²) in [7, 11) is 0. The van der Waals surface area contributed by atoms with Crippen molar-refractivity contribution in [1.82, 2.24) is 5.32 Å². The van der Waals surface area contributed by atoms with Gasteiger partial charge in [0.05, 0.1) is 5.92 Å². The molecule has 1 aromatic carbocycles. The Bertz CT molecular complexity index is 344. The summed E-state index contributed by atoms with van der Waals surface area (Å²) in [6.45, 7) is 4.54. The van der Waals surface area contributed by atoms with E-state index >= 15 is 0 Å². The molecule has 1 N–H and O–H groups in total. The molecule has 1 atom stereocenters. The first-order valence-corrected chi connectivity index (χ1v) is 5.90. The van der Waals surface area contributed by atoms with Crippen LogP contribution in [0.25, 0.3) is 0 Å². The zero-order valence-corrected chi connectivity index (χ0v) is 9.65. The van der Waals surface area contributed by atoms with E-state index in [2.05, 4.69) is 5.32 Å². The summed E-state index contributed by atoms with van der Waals surface area (Å²) in [5.74, 6) is 0.402. The number of hydrogen-bond donors (Lipinski definition) is 1. The second-order valence-corrected chi connectivity index (χ2v) is 4.11. The van der Waals surface area contributed by atoms with Crippen molar-refractivity contribution in [2.75, 3.05) is 24.5 Å². The summed E-state index contributed by atoms with van der Waals surface area (Å²) in [5.41, 5.74) is 1.00. The molecule has 2 rings (SSSR count). The lowest BCUT2D eigenvalue weighted by atomic mass is 10.1. The smallest absolute Gasteiger partial charge is 0.231 e. The number of hydrogen-bond acceptors (Lipinski definition) is 2. The molecule has 1 aliphatic rings. The average Bonchev–Trinajstić information content (AvgIpc) is 2.85. The Morgan fingerprint density at radius 1 is 1.44 bits per heavy atom. The number of nitrogens with zero attached hydrogens (tertiary/aromatic N) is 1. The quantitative estimate of drug-likeness (QED) is 0.836. The summed E-state index contributed by atoms with van der Waals surface area (Å²) in [5, 5.41) is 3.24. The maximum atomic E-state index is 12.3. The van der Waals surface area contributed by atoms with Crippen LogP contribution in [0.4, 0.5) is 5.69 Å². The van der Waals surface area contributed by atoms with Crippen molar-refractivity contribution in [1.29, 1.82) is 0 Å². The maximum absolute atomic E-state index is 12.3. The van der Waals surface area contributed by atoms with Crippen molar-refractivity contribution in [3.63, 3.8) is 0 Å². The molecule has 86 valence electrons. The predicted octanol–water partition coefficient (Wildman–Crippen LogP) is 1.65. The molecule has 1 aromatic rings. The Morgan fingerprint density at radius 3 is 2.75 bits per heavy atom. The van der Waals surface area contributed by atoms with E-state index in [1.54, 1.807) is 0 Å². The molecule has 1 aliphatic heterocycles. The number of benzene rings is 1. The minimum atomic E-state index is 0.153. The first kappa shape index (κ1) is 11.1. The molecule has 1 heterocycles. The third kappa shape index (κ3) is 2.25. The Labute approximate surface area is 96.5 Å². The highest BCUT2D eigenvalue weighted by atomic mass is 16.2. The highest BCUT2D eigenvalue weighted by molar-refractivity contribution is 5.95. The summed E-state index contributed by atoms with van der Waals surface area (Å²) in [6, 6.07) is 9.89. The van der Waals surface area contributed by atoms with Crippen molar-refractivity contribution in [2.45, 2.75) is 13.3 Å². The fraction of sp³-hybridized carbons (Fsp3) is 0.462. The zero-order chi connectivity index (χ0) is 11.4. The standard InChI is InChI=1S/C13H18N2O/c1-2-15(12-6-4-3-5-7-12)13(16)11-8-9-14-10-11/h3-7,11,14H,2,8-10H2,1H3. The second-order valence-electron chi connectivity index (χ2n) is 4.11. The van der Waals surface area contributed by atoms with Crippen molar-refractivity contribution in [2.24, 2.45) is 5.92 Å². The zero-order valence-electron chi connectivity index (χ0n) is 9.65. The molecule has 0 spiro atoms. The van der Waals surface area contributed by atoms with Crippen LogP contribution in [0.5, 0.6) is 0 Å².